The molecule has 2 aromatic rings. The van der Waals surface area contributed by atoms with Crippen LogP contribution in [0, 0.1) is 5.92 Å². The molecule has 2 N–H and O–H groups in total. The molecule has 112 valence electrons. The van der Waals surface area contributed by atoms with Crippen molar-refractivity contribution in [1.29, 1.82) is 0 Å². The largest absolute Gasteiger partial charge is 0.480 e. The predicted molar refractivity (Wildman–Crippen MR) is 73.6 cm³/mol. The van der Waals surface area contributed by atoms with Crippen molar-refractivity contribution in [3.8, 4) is 0 Å². The highest BCUT2D eigenvalue weighted by molar-refractivity contribution is 5.80. The maximum atomic E-state index is 11.6. The quantitative estimate of drug-likeness (QED) is 0.875. The Balaban J connectivity index is 1.92. The third-order valence-corrected chi connectivity index (χ3v) is 2.99. The van der Waals surface area contributed by atoms with Gasteiger partial charge in [-0.1, -0.05) is 25.1 Å². The Bertz CT molecular complexity index is 650. The first-order valence-electron chi connectivity index (χ1n) is 6.47. The lowest BCUT2D eigenvalue weighted by molar-refractivity contribution is -0.140. The van der Waals surface area contributed by atoms with Gasteiger partial charge in [0.25, 0.3) is 0 Å². The van der Waals surface area contributed by atoms with Gasteiger partial charge in [-0.05, 0) is 23.6 Å². The second-order valence-corrected chi connectivity index (χ2v) is 4.98. The molecule has 2 rings (SSSR count). The average Bonchev–Trinajstić information content (AvgIpc) is 2.89. The summed E-state index contributed by atoms with van der Waals surface area (Å²) in [6.07, 6.45) is 0.805. The smallest absolute Gasteiger partial charge is 0.408 e. The molecule has 1 aromatic carbocycles. The molecule has 7 heteroatoms. The summed E-state index contributed by atoms with van der Waals surface area (Å²) < 4.78 is 9.99. The number of hydrogen-bond donors (Lipinski definition) is 2. The van der Waals surface area contributed by atoms with Gasteiger partial charge in [0.05, 0.1) is 6.20 Å². The van der Waals surface area contributed by atoms with Crippen LogP contribution < -0.4 is 5.32 Å². The average molecular weight is 292 g/mol. The minimum atomic E-state index is -1.09. The van der Waals surface area contributed by atoms with Crippen LogP contribution in [0.4, 0.5) is 4.79 Å². The highest BCUT2D eigenvalue weighted by Gasteiger charge is 2.23. The van der Waals surface area contributed by atoms with Gasteiger partial charge in [0.1, 0.15) is 12.6 Å². The van der Waals surface area contributed by atoms with Gasteiger partial charge in [-0.25, -0.2) is 9.59 Å². The number of benzene rings is 1. The number of carbonyl (C=O) groups is 2. The predicted octanol–water partition coefficient (Wildman–Crippen LogP) is 2.16. The molecule has 0 spiro atoms. The number of carboxylic acid groups (broad SMARTS) is 1. The van der Waals surface area contributed by atoms with E-state index in [0.717, 1.165) is 10.9 Å². The maximum Gasteiger partial charge on any atom is 0.408 e. The second kappa shape index (κ2) is 6.25. The lowest BCUT2D eigenvalue weighted by Gasteiger charge is -2.17. The van der Waals surface area contributed by atoms with Gasteiger partial charge in [0, 0.05) is 5.39 Å². The molecular formula is C14H16N2O5. The summed E-state index contributed by atoms with van der Waals surface area (Å²) in [5.41, 5.74) is 1.41. The SMILES string of the molecule is CC(C)[C@H](NC(=O)OCc1ccc2oncc2c1)C(=O)O. The molecule has 1 heterocycles. The molecule has 0 saturated heterocycles. The molecule has 0 bridgehead atoms. The van der Waals surface area contributed by atoms with Crippen molar-refractivity contribution in [2.24, 2.45) is 5.92 Å². The Kier molecular flexibility index (Phi) is 4.42. The van der Waals surface area contributed by atoms with Gasteiger partial charge in [0.2, 0.25) is 0 Å². The first-order chi connectivity index (χ1) is 9.97. The zero-order valence-electron chi connectivity index (χ0n) is 11.7. The molecule has 0 unspecified atom stereocenters. The molecule has 21 heavy (non-hydrogen) atoms. The van der Waals surface area contributed by atoms with E-state index in [1.807, 2.05) is 0 Å². The van der Waals surface area contributed by atoms with Gasteiger partial charge in [-0.2, -0.15) is 0 Å². The summed E-state index contributed by atoms with van der Waals surface area (Å²) in [7, 11) is 0. The van der Waals surface area contributed by atoms with Crippen molar-refractivity contribution in [2.75, 3.05) is 0 Å². The highest BCUT2D eigenvalue weighted by Crippen LogP contribution is 2.15. The Morgan fingerprint density at radius 3 is 2.86 bits per heavy atom. The molecule has 0 saturated carbocycles. The first-order valence-corrected chi connectivity index (χ1v) is 6.47. The van der Waals surface area contributed by atoms with Gasteiger partial charge in [-0.3, -0.25) is 0 Å². The Morgan fingerprint density at radius 2 is 2.19 bits per heavy atom. The summed E-state index contributed by atoms with van der Waals surface area (Å²) in [5.74, 6) is -1.32. The second-order valence-electron chi connectivity index (χ2n) is 4.98. The first kappa shape index (κ1) is 14.8. The van der Waals surface area contributed by atoms with Crippen LogP contribution in [0.2, 0.25) is 0 Å². The highest BCUT2D eigenvalue weighted by atomic mass is 16.5. The Hall–Kier alpha value is -2.57. The fourth-order valence-electron chi connectivity index (χ4n) is 1.84. The molecule has 1 atom stereocenters. The van der Waals surface area contributed by atoms with E-state index in [1.165, 1.54) is 0 Å². The van der Waals surface area contributed by atoms with Gasteiger partial charge in [0.15, 0.2) is 5.58 Å². The number of aromatic nitrogens is 1. The molecule has 0 aliphatic heterocycles. The van der Waals surface area contributed by atoms with E-state index in [-0.39, 0.29) is 12.5 Å². The van der Waals surface area contributed by atoms with Gasteiger partial charge >= 0.3 is 12.1 Å². The van der Waals surface area contributed by atoms with Crippen molar-refractivity contribution in [3.63, 3.8) is 0 Å². The van der Waals surface area contributed by atoms with Crippen LogP contribution in [-0.2, 0) is 16.1 Å². The minimum absolute atomic E-state index is 0.0391. The molecule has 0 radical (unpaired) electrons. The van der Waals surface area contributed by atoms with Crippen LogP contribution in [0.25, 0.3) is 11.0 Å². The zero-order chi connectivity index (χ0) is 15.4. The molecule has 0 aliphatic carbocycles. The number of ether oxygens (including phenoxy) is 1. The van der Waals surface area contributed by atoms with Crippen molar-refractivity contribution in [2.45, 2.75) is 26.5 Å². The van der Waals surface area contributed by atoms with E-state index in [4.69, 9.17) is 14.4 Å². The Morgan fingerprint density at radius 1 is 1.43 bits per heavy atom. The molecular weight excluding hydrogens is 276 g/mol. The minimum Gasteiger partial charge on any atom is -0.480 e. The van der Waals surface area contributed by atoms with Crippen molar-refractivity contribution < 1.29 is 24.0 Å². The van der Waals surface area contributed by atoms with Crippen LogP contribution in [0.15, 0.2) is 28.9 Å². The van der Waals surface area contributed by atoms with Crippen LogP contribution in [-0.4, -0.2) is 28.4 Å². The Labute approximate surface area is 120 Å². The molecule has 7 nitrogen and oxygen atoms in total. The number of alkyl carbamates (subject to hydrolysis) is 1. The maximum absolute atomic E-state index is 11.6. The van der Waals surface area contributed by atoms with Crippen LogP contribution in [0.5, 0.6) is 0 Å². The number of aliphatic carboxylic acids is 1. The number of fused-ring (bicyclic) bond motifs is 1. The summed E-state index contributed by atoms with van der Waals surface area (Å²) in [6.45, 7) is 3.45. The van der Waals surface area contributed by atoms with Crippen LogP contribution in [0.3, 0.4) is 0 Å². The number of hydrogen-bond acceptors (Lipinski definition) is 5. The van der Waals surface area contributed by atoms with Crippen LogP contribution in [0.1, 0.15) is 19.4 Å². The standard InChI is InChI=1S/C14H16N2O5/c1-8(2)12(13(17)18)16-14(19)20-7-9-3-4-11-10(5-9)6-15-21-11/h3-6,8,12H,7H2,1-2H3,(H,16,19)(H,17,18)/t12-/m0/s1. The number of nitrogens with one attached hydrogen (secondary N) is 1. The van der Waals surface area contributed by atoms with Crippen LogP contribution >= 0.6 is 0 Å². The molecule has 0 aliphatic rings. The summed E-state index contributed by atoms with van der Waals surface area (Å²) in [4.78, 5) is 22.6. The van der Waals surface area contributed by atoms with E-state index >= 15 is 0 Å². The van der Waals surface area contributed by atoms with E-state index in [9.17, 15) is 9.59 Å². The van der Waals surface area contributed by atoms with Gasteiger partial charge < -0.3 is 19.7 Å². The fraction of sp³-hybridized carbons (Fsp3) is 0.357. The number of amides is 1. The van der Waals surface area contributed by atoms with Crippen molar-refractivity contribution in [3.05, 3.63) is 30.0 Å². The van der Waals surface area contributed by atoms with Gasteiger partial charge in [-0.15, -0.1) is 0 Å². The number of rotatable bonds is 5. The molecule has 0 fully saturated rings. The third kappa shape index (κ3) is 3.71. The number of carboxylic acids is 1. The number of nitrogens with zero attached hydrogens (tertiary/aromatic N) is 1. The normalized spacial score (nSPS) is 12.3. The lowest BCUT2D eigenvalue weighted by Crippen LogP contribution is -2.44. The van der Waals surface area contributed by atoms with Crippen molar-refractivity contribution >= 4 is 23.0 Å². The topological polar surface area (TPSA) is 102 Å². The summed E-state index contributed by atoms with van der Waals surface area (Å²) in [5, 5.41) is 15.8. The van der Waals surface area contributed by atoms with E-state index in [0.29, 0.717) is 5.58 Å². The lowest BCUT2D eigenvalue weighted by atomic mass is 10.1. The fourth-order valence-corrected chi connectivity index (χ4v) is 1.84. The third-order valence-electron chi connectivity index (χ3n) is 2.99. The van der Waals surface area contributed by atoms with E-state index < -0.39 is 18.1 Å². The monoisotopic (exact) mass is 292 g/mol. The summed E-state index contributed by atoms with van der Waals surface area (Å²) in [6, 6.07) is 4.29. The van der Waals surface area contributed by atoms with Crippen molar-refractivity contribution in [1.82, 2.24) is 10.5 Å². The molecule has 1 amide bonds. The summed E-state index contributed by atoms with van der Waals surface area (Å²) >= 11 is 0. The zero-order valence-corrected chi connectivity index (χ0v) is 11.7. The van der Waals surface area contributed by atoms with E-state index in [1.54, 1.807) is 38.2 Å². The van der Waals surface area contributed by atoms with E-state index in [2.05, 4.69) is 10.5 Å². The number of carbonyl (C=O) groups excluding carboxylic acids is 1. The molecule has 1 aromatic heterocycles.